The average Bonchev–Trinajstić information content (AvgIpc) is 2.91. The highest BCUT2D eigenvalue weighted by atomic mass is 16.5. The molecule has 1 aromatic carbocycles. The van der Waals surface area contributed by atoms with E-state index in [1.54, 1.807) is 36.7 Å². The Labute approximate surface area is 114 Å². The number of carbonyl (C=O) groups excluding carboxylic acids is 2. The number of aromatic nitrogens is 2. The molecular formula is C13H12N4O3. The SMILES string of the molecule is O=C(Cn1cccn1)Nc1ccc2c(c1)NC(=O)CO2. The van der Waals surface area contributed by atoms with Crippen molar-refractivity contribution in [1.29, 1.82) is 0 Å². The van der Waals surface area contributed by atoms with Gasteiger partial charge < -0.3 is 15.4 Å². The third-order valence-corrected chi connectivity index (χ3v) is 2.76. The van der Waals surface area contributed by atoms with Crippen molar-refractivity contribution in [1.82, 2.24) is 9.78 Å². The Hall–Kier alpha value is -2.83. The van der Waals surface area contributed by atoms with Crippen LogP contribution in [0.25, 0.3) is 0 Å². The summed E-state index contributed by atoms with van der Waals surface area (Å²) in [6.07, 6.45) is 3.32. The molecule has 102 valence electrons. The lowest BCUT2D eigenvalue weighted by Crippen LogP contribution is -2.25. The second kappa shape index (κ2) is 5.04. The summed E-state index contributed by atoms with van der Waals surface area (Å²) in [6, 6.07) is 6.84. The van der Waals surface area contributed by atoms with Crippen LogP contribution in [-0.4, -0.2) is 28.2 Å². The topological polar surface area (TPSA) is 85.3 Å². The Morgan fingerprint density at radius 1 is 1.50 bits per heavy atom. The molecule has 2 amide bonds. The molecule has 2 N–H and O–H groups in total. The minimum Gasteiger partial charge on any atom is -0.482 e. The Morgan fingerprint density at radius 2 is 2.40 bits per heavy atom. The number of anilines is 2. The van der Waals surface area contributed by atoms with Crippen molar-refractivity contribution < 1.29 is 14.3 Å². The summed E-state index contributed by atoms with van der Waals surface area (Å²) < 4.78 is 6.77. The van der Waals surface area contributed by atoms with Gasteiger partial charge in [0.15, 0.2) is 6.61 Å². The molecule has 0 aliphatic carbocycles. The van der Waals surface area contributed by atoms with Crippen LogP contribution < -0.4 is 15.4 Å². The minimum atomic E-state index is -0.211. The molecule has 0 bridgehead atoms. The number of hydrogen-bond donors (Lipinski definition) is 2. The summed E-state index contributed by atoms with van der Waals surface area (Å²) in [5, 5.41) is 9.38. The first kappa shape index (κ1) is 12.2. The number of hydrogen-bond acceptors (Lipinski definition) is 4. The van der Waals surface area contributed by atoms with E-state index in [1.165, 1.54) is 4.68 Å². The first-order chi connectivity index (χ1) is 9.70. The zero-order chi connectivity index (χ0) is 13.9. The van der Waals surface area contributed by atoms with Crippen molar-refractivity contribution in [2.75, 3.05) is 17.2 Å². The van der Waals surface area contributed by atoms with Gasteiger partial charge in [0.25, 0.3) is 5.91 Å². The van der Waals surface area contributed by atoms with Gasteiger partial charge in [-0.15, -0.1) is 0 Å². The largest absolute Gasteiger partial charge is 0.482 e. The average molecular weight is 272 g/mol. The van der Waals surface area contributed by atoms with Gasteiger partial charge in [-0.3, -0.25) is 14.3 Å². The van der Waals surface area contributed by atoms with Gasteiger partial charge >= 0.3 is 0 Å². The van der Waals surface area contributed by atoms with Gasteiger partial charge in [-0.1, -0.05) is 0 Å². The van der Waals surface area contributed by atoms with E-state index in [1.807, 2.05) is 0 Å². The third kappa shape index (κ3) is 2.61. The van der Waals surface area contributed by atoms with E-state index >= 15 is 0 Å². The lowest BCUT2D eigenvalue weighted by Gasteiger charge is -2.18. The number of rotatable bonds is 3. The molecule has 0 saturated heterocycles. The fourth-order valence-electron chi connectivity index (χ4n) is 1.90. The van der Waals surface area contributed by atoms with Gasteiger partial charge in [-0.25, -0.2) is 0 Å². The molecule has 0 atom stereocenters. The molecular weight excluding hydrogens is 260 g/mol. The van der Waals surface area contributed by atoms with Crippen molar-refractivity contribution in [2.45, 2.75) is 6.54 Å². The van der Waals surface area contributed by atoms with Crippen LogP contribution in [-0.2, 0) is 16.1 Å². The van der Waals surface area contributed by atoms with Crippen LogP contribution in [0.4, 0.5) is 11.4 Å². The minimum absolute atomic E-state index is 0.0119. The van der Waals surface area contributed by atoms with E-state index in [0.29, 0.717) is 17.1 Å². The summed E-state index contributed by atoms with van der Waals surface area (Å²) in [5.74, 6) is 0.184. The van der Waals surface area contributed by atoms with Crippen molar-refractivity contribution in [3.8, 4) is 5.75 Å². The van der Waals surface area contributed by atoms with E-state index in [-0.39, 0.29) is 25.0 Å². The molecule has 1 aliphatic heterocycles. The molecule has 0 unspecified atom stereocenters. The number of benzene rings is 1. The van der Waals surface area contributed by atoms with E-state index in [2.05, 4.69) is 15.7 Å². The van der Waals surface area contributed by atoms with Crippen LogP contribution in [0.1, 0.15) is 0 Å². The van der Waals surface area contributed by atoms with Crippen LogP contribution in [0.5, 0.6) is 5.75 Å². The van der Waals surface area contributed by atoms with Crippen molar-refractivity contribution in [3.63, 3.8) is 0 Å². The van der Waals surface area contributed by atoms with Crippen LogP contribution in [0.2, 0.25) is 0 Å². The van der Waals surface area contributed by atoms with Crippen LogP contribution in [0, 0.1) is 0 Å². The summed E-state index contributed by atoms with van der Waals surface area (Å²) in [5.41, 5.74) is 1.14. The number of amides is 2. The Morgan fingerprint density at radius 3 is 3.20 bits per heavy atom. The molecule has 2 aromatic rings. The number of nitrogens with zero attached hydrogens (tertiary/aromatic N) is 2. The molecule has 0 fully saturated rings. The highest BCUT2D eigenvalue weighted by molar-refractivity contribution is 5.97. The molecule has 7 heteroatoms. The fourth-order valence-corrected chi connectivity index (χ4v) is 1.90. The van der Waals surface area contributed by atoms with Gasteiger partial charge in [0.05, 0.1) is 5.69 Å². The monoisotopic (exact) mass is 272 g/mol. The smallest absolute Gasteiger partial charge is 0.262 e. The van der Waals surface area contributed by atoms with Crippen LogP contribution in [0.3, 0.4) is 0 Å². The van der Waals surface area contributed by atoms with E-state index in [9.17, 15) is 9.59 Å². The number of fused-ring (bicyclic) bond motifs is 1. The first-order valence-electron chi connectivity index (χ1n) is 6.05. The fraction of sp³-hybridized carbons (Fsp3) is 0.154. The van der Waals surface area contributed by atoms with Crippen molar-refractivity contribution >= 4 is 23.2 Å². The Kier molecular flexibility index (Phi) is 3.08. The standard InChI is InChI=1S/C13H12N4O3/c18-12(7-17-5-1-4-14-17)15-9-2-3-11-10(6-9)16-13(19)8-20-11/h1-6H,7-8H2,(H,15,18)(H,16,19). The van der Waals surface area contributed by atoms with E-state index in [0.717, 1.165) is 0 Å². The normalized spacial score (nSPS) is 13.1. The van der Waals surface area contributed by atoms with E-state index < -0.39 is 0 Å². The lowest BCUT2D eigenvalue weighted by atomic mass is 10.2. The predicted molar refractivity (Wildman–Crippen MR) is 71.4 cm³/mol. The molecule has 2 heterocycles. The number of carbonyl (C=O) groups is 2. The Balaban J connectivity index is 1.70. The van der Waals surface area contributed by atoms with Crippen molar-refractivity contribution in [3.05, 3.63) is 36.7 Å². The van der Waals surface area contributed by atoms with Gasteiger partial charge in [0.1, 0.15) is 12.3 Å². The summed E-state index contributed by atoms with van der Waals surface area (Å²) >= 11 is 0. The molecule has 0 radical (unpaired) electrons. The highest BCUT2D eigenvalue weighted by Crippen LogP contribution is 2.30. The van der Waals surface area contributed by atoms with Gasteiger partial charge in [-0.2, -0.15) is 5.10 Å². The lowest BCUT2D eigenvalue weighted by molar-refractivity contribution is -0.118. The molecule has 3 rings (SSSR count). The summed E-state index contributed by atoms with van der Waals surface area (Å²) in [7, 11) is 0. The van der Waals surface area contributed by atoms with Crippen LogP contribution in [0.15, 0.2) is 36.7 Å². The number of nitrogens with one attached hydrogen (secondary N) is 2. The molecule has 1 aromatic heterocycles. The molecule has 0 spiro atoms. The summed E-state index contributed by atoms with van der Waals surface area (Å²) in [4.78, 5) is 23.1. The van der Waals surface area contributed by atoms with Crippen LogP contribution >= 0.6 is 0 Å². The maximum absolute atomic E-state index is 11.8. The molecule has 20 heavy (non-hydrogen) atoms. The Bertz CT molecular complexity index is 652. The second-order valence-electron chi connectivity index (χ2n) is 4.30. The molecule has 0 saturated carbocycles. The highest BCUT2D eigenvalue weighted by Gasteiger charge is 2.16. The zero-order valence-corrected chi connectivity index (χ0v) is 10.5. The van der Waals surface area contributed by atoms with Gasteiger partial charge in [-0.05, 0) is 24.3 Å². The molecule has 1 aliphatic rings. The zero-order valence-electron chi connectivity index (χ0n) is 10.5. The predicted octanol–water partition coefficient (Wildman–Crippen LogP) is 0.853. The maximum Gasteiger partial charge on any atom is 0.262 e. The first-order valence-corrected chi connectivity index (χ1v) is 6.05. The quantitative estimate of drug-likeness (QED) is 0.867. The molecule has 7 nitrogen and oxygen atoms in total. The van der Waals surface area contributed by atoms with Crippen molar-refractivity contribution in [2.24, 2.45) is 0 Å². The third-order valence-electron chi connectivity index (χ3n) is 2.76. The van der Waals surface area contributed by atoms with Gasteiger partial charge in [0.2, 0.25) is 5.91 Å². The van der Waals surface area contributed by atoms with E-state index in [4.69, 9.17) is 4.74 Å². The second-order valence-corrected chi connectivity index (χ2v) is 4.30. The maximum atomic E-state index is 11.8. The summed E-state index contributed by atoms with van der Waals surface area (Å²) in [6.45, 7) is 0.144. The van der Waals surface area contributed by atoms with Gasteiger partial charge in [0, 0.05) is 18.1 Å². The number of ether oxygens (including phenoxy) is 1.